The summed E-state index contributed by atoms with van der Waals surface area (Å²) in [6.45, 7) is 0. The molecule has 4 nitrogen and oxygen atoms in total. The summed E-state index contributed by atoms with van der Waals surface area (Å²) in [6, 6.07) is 25.1. The van der Waals surface area contributed by atoms with Crippen LogP contribution in [0.2, 0.25) is 0 Å². The van der Waals surface area contributed by atoms with E-state index >= 15 is 0 Å². The summed E-state index contributed by atoms with van der Waals surface area (Å²) in [5, 5.41) is 12.3. The van der Waals surface area contributed by atoms with Crippen LogP contribution in [0.5, 0.6) is 0 Å². The lowest BCUT2D eigenvalue weighted by atomic mass is 10.1. The molecule has 3 aromatic carbocycles. The first kappa shape index (κ1) is 13.6. The van der Waals surface area contributed by atoms with Crippen molar-refractivity contribution in [3.8, 4) is 5.69 Å². The summed E-state index contributed by atoms with van der Waals surface area (Å²) < 4.78 is 2.23. The van der Waals surface area contributed by atoms with E-state index in [-0.39, 0.29) is 0 Å². The average molecular weight is 334 g/mol. The molecule has 4 heteroatoms. The molecule has 0 saturated carbocycles. The van der Waals surface area contributed by atoms with E-state index in [4.69, 9.17) is 4.98 Å². The largest absolute Gasteiger partial charge is 0.292 e. The maximum atomic E-state index is 4.83. The van der Waals surface area contributed by atoms with Crippen LogP contribution < -0.4 is 0 Å². The summed E-state index contributed by atoms with van der Waals surface area (Å²) in [4.78, 5) is 4.83. The van der Waals surface area contributed by atoms with E-state index in [2.05, 4.69) is 75.4 Å². The molecule has 3 heterocycles. The fourth-order valence-electron chi connectivity index (χ4n) is 3.97. The highest BCUT2D eigenvalue weighted by Crippen LogP contribution is 2.38. The molecule has 0 saturated heterocycles. The van der Waals surface area contributed by atoms with Gasteiger partial charge in [0.25, 0.3) is 0 Å². The van der Waals surface area contributed by atoms with Crippen LogP contribution in [0, 0.1) is 0 Å². The normalized spacial score (nSPS) is 11.8. The van der Waals surface area contributed by atoms with Gasteiger partial charge in [-0.2, -0.15) is 5.10 Å². The zero-order valence-electron chi connectivity index (χ0n) is 13.8. The van der Waals surface area contributed by atoms with Crippen molar-refractivity contribution in [1.29, 1.82) is 0 Å². The van der Waals surface area contributed by atoms with E-state index < -0.39 is 0 Å². The molecule has 0 unspecified atom stereocenters. The van der Waals surface area contributed by atoms with Gasteiger partial charge >= 0.3 is 0 Å². The fraction of sp³-hybridized carbons (Fsp3) is 0. The monoisotopic (exact) mass is 334 g/mol. The van der Waals surface area contributed by atoms with Crippen molar-refractivity contribution in [3.05, 3.63) is 79.0 Å². The zero-order valence-corrected chi connectivity index (χ0v) is 13.8. The highest BCUT2D eigenvalue weighted by atomic mass is 15.2. The Labute approximate surface area is 148 Å². The molecule has 0 aliphatic heterocycles. The number of hydrogen-bond donors (Lipinski definition) is 1. The minimum atomic E-state index is 0.923. The van der Waals surface area contributed by atoms with E-state index in [1.165, 1.54) is 16.2 Å². The van der Waals surface area contributed by atoms with Crippen molar-refractivity contribution in [3.63, 3.8) is 0 Å². The van der Waals surface area contributed by atoms with Crippen LogP contribution in [-0.4, -0.2) is 19.7 Å². The second kappa shape index (κ2) is 4.92. The van der Waals surface area contributed by atoms with Crippen LogP contribution in [-0.2, 0) is 0 Å². The maximum absolute atomic E-state index is 4.83. The molecular weight excluding hydrogens is 320 g/mol. The van der Waals surface area contributed by atoms with Gasteiger partial charge in [0.1, 0.15) is 0 Å². The first-order chi connectivity index (χ1) is 12.9. The third-order valence-corrected chi connectivity index (χ3v) is 5.05. The highest BCUT2D eigenvalue weighted by molar-refractivity contribution is 6.24. The summed E-state index contributed by atoms with van der Waals surface area (Å²) in [6.07, 6.45) is 1.88. The average Bonchev–Trinajstić information content (AvgIpc) is 3.24. The van der Waals surface area contributed by atoms with E-state index in [1.807, 2.05) is 18.3 Å². The number of aromatic nitrogens is 4. The standard InChI is InChI=1S/C22H14N4/c1-2-6-14(7-3-1)26-21-15(16-12-13-23-25-22(16)26)10-11-19-20(21)17-8-4-5-9-18(17)24-19/h1-13,23H. The Kier molecular flexibility index (Phi) is 2.58. The van der Waals surface area contributed by atoms with Crippen molar-refractivity contribution in [2.45, 2.75) is 0 Å². The Morgan fingerprint density at radius 1 is 0.692 bits per heavy atom. The van der Waals surface area contributed by atoms with Crippen LogP contribution in [0.1, 0.15) is 0 Å². The van der Waals surface area contributed by atoms with Gasteiger partial charge in [0.15, 0.2) is 5.65 Å². The molecule has 0 aliphatic carbocycles. The molecule has 0 amide bonds. The molecule has 0 bridgehead atoms. The van der Waals surface area contributed by atoms with Crippen LogP contribution in [0.25, 0.3) is 49.4 Å². The molecular formula is C22H14N4. The number of nitrogens with zero attached hydrogens (tertiary/aromatic N) is 3. The van der Waals surface area contributed by atoms with Crippen molar-refractivity contribution < 1.29 is 0 Å². The van der Waals surface area contributed by atoms with E-state index in [9.17, 15) is 0 Å². The SMILES string of the molecule is c1ccc(-n2c3n[nH]ccc3c3ccc4nc5ccccc5c4c32)cc1. The number of para-hydroxylation sites is 2. The minimum Gasteiger partial charge on any atom is -0.292 e. The Hall–Kier alpha value is -3.66. The molecule has 0 atom stereocenters. The first-order valence-corrected chi connectivity index (χ1v) is 8.62. The molecule has 0 fully saturated rings. The number of nitrogens with one attached hydrogen (secondary N) is 1. The lowest BCUT2D eigenvalue weighted by Gasteiger charge is -2.07. The predicted octanol–water partition coefficient (Wildman–Crippen LogP) is 5.21. The van der Waals surface area contributed by atoms with E-state index in [0.29, 0.717) is 0 Å². The van der Waals surface area contributed by atoms with Gasteiger partial charge in [-0.3, -0.25) is 9.67 Å². The zero-order chi connectivity index (χ0) is 17.1. The van der Waals surface area contributed by atoms with Gasteiger partial charge in [0, 0.05) is 33.4 Å². The summed E-state index contributed by atoms with van der Waals surface area (Å²) in [5.74, 6) is 0. The van der Waals surface area contributed by atoms with Crippen LogP contribution in [0.3, 0.4) is 0 Å². The highest BCUT2D eigenvalue weighted by Gasteiger charge is 2.18. The summed E-state index contributed by atoms with van der Waals surface area (Å²) in [7, 11) is 0. The number of hydrogen-bond acceptors (Lipinski definition) is 2. The Balaban J connectivity index is 1.96. The second-order valence-corrected chi connectivity index (χ2v) is 6.47. The molecule has 3 aromatic heterocycles. The van der Waals surface area contributed by atoms with Crippen LogP contribution in [0.15, 0.2) is 79.0 Å². The van der Waals surface area contributed by atoms with E-state index in [0.717, 1.165) is 33.3 Å². The number of aromatic amines is 1. The van der Waals surface area contributed by atoms with Crippen LogP contribution in [0.4, 0.5) is 0 Å². The van der Waals surface area contributed by atoms with Gasteiger partial charge in [-0.15, -0.1) is 0 Å². The summed E-state index contributed by atoms with van der Waals surface area (Å²) >= 11 is 0. The smallest absolute Gasteiger partial charge is 0.165 e. The molecule has 26 heavy (non-hydrogen) atoms. The van der Waals surface area contributed by atoms with Gasteiger partial charge in [-0.1, -0.05) is 36.4 Å². The predicted molar refractivity (Wildman–Crippen MR) is 106 cm³/mol. The third-order valence-electron chi connectivity index (χ3n) is 5.05. The third kappa shape index (κ3) is 1.68. The quantitative estimate of drug-likeness (QED) is 0.449. The molecule has 0 aliphatic rings. The van der Waals surface area contributed by atoms with Crippen LogP contribution >= 0.6 is 0 Å². The van der Waals surface area contributed by atoms with Gasteiger partial charge in [0.2, 0.25) is 0 Å². The fourth-order valence-corrected chi connectivity index (χ4v) is 3.97. The number of benzene rings is 3. The van der Waals surface area contributed by atoms with Gasteiger partial charge in [-0.05, 0) is 36.4 Å². The number of fused-ring (bicyclic) bond motifs is 7. The van der Waals surface area contributed by atoms with Gasteiger partial charge in [0.05, 0.1) is 16.6 Å². The molecule has 6 aromatic rings. The Morgan fingerprint density at radius 3 is 2.46 bits per heavy atom. The molecule has 1 N–H and O–H groups in total. The molecule has 122 valence electrons. The Morgan fingerprint density at radius 2 is 1.54 bits per heavy atom. The molecule has 0 spiro atoms. The topological polar surface area (TPSA) is 46.5 Å². The van der Waals surface area contributed by atoms with Gasteiger partial charge < -0.3 is 0 Å². The lowest BCUT2D eigenvalue weighted by Crippen LogP contribution is -1.96. The second-order valence-electron chi connectivity index (χ2n) is 6.47. The van der Waals surface area contributed by atoms with E-state index in [1.54, 1.807) is 0 Å². The molecule has 0 radical (unpaired) electrons. The number of H-pyrrole nitrogens is 1. The lowest BCUT2D eigenvalue weighted by molar-refractivity contribution is 1.02. The molecule has 6 rings (SSSR count). The van der Waals surface area contributed by atoms with Crippen molar-refractivity contribution in [2.24, 2.45) is 0 Å². The maximum Gasteiger partial charge on any atom is 0.165 e. The van der Waals surface area contributed by atoms with Crippen molar-refractivity contribution in [2.75, 3.05) is 0 Å². The first-order valence-electron chi connectivity index (χ1n) is 8.62. The van der Waals surface area contributed by atoms with Gasteiger partial charge in [-0.25, -0.2) is 4.98 Å². The number of rotatable bonds is 1. The Bertz CT molecular complexity index is 1420. The minimum absolute atomic E-state index is 0.923. The summed E-state index contributed by atoms with van der Waals surface area (Å²) in [5.41, 5.74) is 5.22. The van der Waals surface area contributed by atoms with Crippen molar-refractivity contribution >= 4 is 43.7 Å². The van der Waals surface area contributed by atoms with Crippen molar-refractivity contribution in [1.82, 2.24) is 19.7 Å².